The van der Waals surface area contributed by atoms with Gasteiger partial charge in [-0.15, -0.1) is 0 Å². The molecule has 1 aliphatic rings. The minimum atomic E-state index is -0.675. The van der Waals surface area contributed by atoms with Gasteiger partial charge in [0.2, 0.25) is 0 Å². The van der Waals surface area contributed by atoms with Crippen LogP contribution in [0.25, 0.3) is 0 Å². The van der Waals surface area contributed by atoms with Crippen molar-refractivity contribution in [1.29, 1.82) is 0 Å². The molecule has 1 heterocycles. The highest BCUT2D eigenvalue weighted by Crippen LogP contribution is 2.32. The summed E-state index contributed by atoms with van der Waals surface area (Å²) < 4.78 is 39.2. The number of hydrogen-bond donors (Lipinski definition) is 0. The Morgan fingerprint density at radius 3 is 1.35 bits per heavy atom. The fraction of sp³-hybridized carbons (Fsp3) is 0.351. The van der Waals surface area contributed by atoms with E-state index >= 15 is 0 Å². The van der Waals surface area contributed by atoms with Crippen LogP contribution in [0.3, 0.4) is 0 Å². The summed E-state index contributed by atoms with van der Waals surface area (Å²) in [6.45, 7) is 5.95. The van der Waals surface area contributed by atoms with Gasteiger partial charge in [0.15, 0.2) is 6.29 Å². The minimum absolute atomic E-state index is 0.0877. The fourth-order valence-corrected chi connectivity index (χ4v) is 5.12. The highest BCUT2D eigenvalue weighted by molar-refractivity contribution is 5.16. The third-order valence-corrected chi connectivity index (χ3v) is 7.25. The molecule has 1 fully saturated rings. The topological polar surface area (TPSA) is 55.4 Å². The third kappa shape index (κ3) is 9.57. The zero-order valence-corrected chi connectivity index (χ0v) is 25.0. The van der Waals surface area contributed by atoms with Gasteiger partial charge >= 0.3 is 0 Å². The molecule has 0 spiro atoms. The molecule has 0 radical (unpaired) electrons. The summed E-state index contributed by atoms with van der Waals surface area (Å²) in [6.07, 6.45) is -2.73. The zero-order chi connectivity index (χ0) is 29.7. The standard InChI is InChI=1S/C37H42O6/c1-28(2)42-37-36(41-26-32-21-13-6-14-22-32)35(40-25-31-19-11-5-12-20-31)34(39-24-30-17-9-4-10-18-30)33(43-37)27-38-23-29-15-7-3-8-16-29/h3-22,28,33-37H,23-27H2,1-2H3/t33-,34+,35+,36-,37+/m1/s1. The summed E-state index contributed by atoms with van der Waals surface area (Å²) in [5.74, 6) is 0. The molecule has 4 aromatic carbocycles. The first kappa shape index (κ1) is 31.1. The summed E-state index contributed by atoms with van der Waals surface area (Å²) in [7, 11) is 0. The lowest BCUT2D eigenvalue weighted by Crippen LogP contribution is -2.62. The van der Waals surface area contributed by atoms with Crippen molar-refractivity contribution >= 4 is 0 Å². The normalized spacial score (nSPS) is 22.1. The van der Waals surface area contributed by atoms with Crippen molar-refractivity contribution in [3.05, 3.63) is 144 Å². The maximum absolute atomic E-state index is 6.71. The summed E-state index contributed by atoms with van der Waals surface area (Å²) in [5.41, 5.74) is 4.28. The molecule has 4 aromatic rings. The van der Waals surface area contributed by atoms with Gasteiger partial charge in [-0.05, 0) is 36.1 Å². The molecule has 226 valence electrons. The van der Waals surface area contributed by atoms with Gasteiger partial charge < -0.3 is 28.4 Å². The number of benzene rings is 4. The molecule has 43 heavy (non-hydrogen) atoms. The Morgan fingerprint density at radius 2 is 0.907 bits per heavy atom. The smallest absolute Gasteiger partial charge is 0.187 e. The van der Waals surface area contributed by atoms with Crippen molar-refractivity contribution in [2.75, 3.05) is 6.61 Å². The van der Waals surface area contributed by atoms with E-state index in [4.69, 9.17) is 28.4 Å². The second kappa shape index (κ2) is 16.5. The van der Waals surface area contributed by atoms with E-state index in [0.29, 0.717) is 33.0 Å². The van der Waals surface area contributed by atoms with Crippen molar-refractivity contribution in [3.63, 3.8) is 0 Å². The highest BCUT2D eigenvalue weighted by Gasteiger charge is 2.49. The van der Waals surface area contributed by atoms with Crippen molar-refractivity contribution in [2.45, 2.75) is 77.1 Å². The Morgan fingerprint density at radius 1 is 0.512 bits per heavy atom. The molecule has 0 aromatic heterocycles. The molecule has 5 atom stereocenters. The Labute approximate surface area is 255 Å². The molecule has 1 aliphatic heterocycles. The van der Waals surface area contributed by atoms with Crippen LogP contribution in [0.5, 0.6) is 0 Å². The largest absolute Gasteiger partial charge is 0.374 e. The molecule has 0 aliphatic carbocycles. The number of ether oxygens (including phenoxy) is 6. The zero-order valence-electron chi connectivity index (χ0n) is 25.0. The predicted octanol–water partition coefficient (Wildman–Crippen LogP) is 7.11. The van der Waals surface area contributed by atoms with E-state index in [0.717, 1.165) is 22.3 Å². The first-order valence-corrected chi connectivity index (χ1v) is 15.0. The van der Waals surface area contributed by atoms with Crippen LogP contribution in [0.2, 0.25) is 0 Å². The molecule has 6 heteroatoms. The summed E-state index contributed by atoms with van der Waals surface area (Å²) in [5, 5.41) is 0. The van der Waals surface area contributed by atoms with Gasteiger partial charge in [-0.25, -0.2) is 0 Å². The molecule has 0 unspecified atom stereocenters. The summed E-state index contributed by atoms with van der Waals surface area (Å²) in [4.78, 5) is 0. The lowest BCUT2D eigenvalue weighted by Gasteiger charge is -2.46. The average molecular weight is 583 g/mol. The maximum atomic E-state index is 6.71. The van der Waals surface area contributed by atoms with Crippen LogP contribution in [0.1, 0.15) is 36.1 Å². The molecular weight excluding hydrogens is 540 g/mol. The average Bonchev–Trinajstić information content (AvgIpc) is 3.04. The van der Waals surface area contributed by atoms with Crippen molar-refractivity contribution in [1.82, 2.24) is 0 Å². The molecule has 0 N–H and O–H groups in total. The van der Waals surface area contributed by atoms with Gasteiger partial charge in [-0.3, -0.25) is 0 Å². The molecule has 0 bridgehead atoms. The molecule has 5 rings (SSSR count). The van der Waals surface area contributed by atoms with Crippen LogP contribution in [0.4, 0.5) is 0 Å². The molecule has 0 saturated carbocycles. The number of hydrogen-bond acceptors (Lipinski definition) is 6. The Bertz CT molecular complexity index is 1300. The maximum Gasteiger partial charge on any atom is 0.187 e. The lowest BCUT2D eigenvalue weighted by molar-refractivity contribution is -0.334. The molecule has 1 saturated heterocycles. The molecule has 6 nitrogen and oxygen atoms in total. The quantitative estimate of drug-likeness (QED) is 0.149. The Balaban J connectivity index is 1.42. The van der Waals surface area contributed by atoms with Crippen LogP contribution in [-0.4, -0.2) is 43.4 Å². The van der Waals surface area contributed by atoms with Gasteiger partial charge in [-0.1, -0.05) is 121 Å². The van der Waals surface area contributed by atoms with E-state index in [-0.39, 0.29) is 6.10 Å². The second-order valence-electron chi connectivity index (χ2n) is 11.0. The van der Waals surface area contributed by atoms with E-state index in [2.05, 4.69) is 36.4 Å². The first-order valence-electron chi connectivity index (χ1n) is 15.0. The van der Waals surface area contributed by atoms with E-state index < -0.39 is 30.7 Å². The van der Waals surface area contributed by atoms with Crippen LogP contribution in [0.15, 0.2) is 121 Å². The Hall–Kier alpha value is -3.36. The monoisotopic (exact) mass is 582 g/mol. The summed E-state index contributed by atoms with van der Waals surface area (Å²) >= 11 is 0. The lowest BCUT2D eigenvalue weighted by atomic mass is 9.97. The Kier molecular flexibility index (Phi) is 11.9. The SMILES string of the molecule is CC(C)O[C@H]1O[C@H](COCc2ccccc2)[C@H](OCc2ccccc2)[C@H](OCc2ccccc2)[C@H]1OCc1ccccc1. The fourth-order valence-electron chi connectivity index (χ4n) is 5.12. The molecule has 0 amide bonds. The van der Waals surface area contributed by atoms with Gasteiger partial charge in [0, 0.05) is 0 Å². The van der Waals surface area contributed by atoms with E-state index in [9.17, 15) is 0 Å². The summed E-state index contributed by atoms with van der Waals surface area (Å²) in [6, 6.07) is 40.5. The first-order chi connectivity index (χ1) is 21.2. The number of rotatable bonds is 15. The molecular formula is C37H42O6. The van der Waals surface area contributed by atoms with Crippen LogP contribution in [0, 0.1) is 0 Å². The third-order valence-electron chi connectivity index (χ3n) is 7.25. The van der Waals surface area contributed by atoms with Gasteiger partial charge in [-0.2, -0.15) is 0 Å². The van der Waals surface area contributed by atoms with E-state index in [1.165, 1.54) is 0 Å². The van der Waals surface area contributed by atoms with E-state index in [1.807, 2.05) is 98.8 Å². The minimum Gasteiger partial charge on any atom is -0.374 e. The van der Waals surface area contributed by atoms with Gasteiger partial charge in [0.05, 0.1) is 39.1 Å². The van der Waals surface area contributed by atoms with Crippen molar-refractivity contribution in [2.24, 2.45) is 0 Å². The van der Waals surface area contributed by atoms with E-state index in [1.54, 1.807) is 0 Å². The van der Waals surface area contributed by atoms with Crippen LogP contribution >= 0.6 is 0 Å². The van der Waals surface area contributed by atoms with Crippen LogP contribution < -0.4 is 0 Å². The second-order valence-corrected chi connectivity index (χ2v) is 11.0. The predicted molar refractivity (Wildman–Crippen MR) is 166 cm³/mol. The van der Waals surface area contributed by atoms with Crippen molar-refractivity contribution < 1.29 is 28.4 Å². The van der Waals surface area contributed by atoms with Crippen LogP contribution in [-0.2, 0) is 54.8 Å². The van der Waals surface area contributed by atoms with Gasteiger partial charge in [0.25, 0.3) is 0 Å². The van der Waals surface area contributed by atoms with Gasteiger partial charge in [0.1, 0.15) is 24.4 Å². The van der Waals surface area contributed by atoms with Crippen molar-refractivity contribution in [3.8, 4) is 0 Å². The highest BCUT2D eigenvalue weighted by atomic mass is 16.7.